The van der Waals surface area contributed by atoms with E-state index in [4.69, 9.17) is 5.26 Å². The van der Waals surface area contributed by atoms with Crippen molar-refractivity contribution in [3.8, 4) is 6.07 Å². The van der Waals surface area contributed by atoms with Crippen LogP contribution in [0, 0.1) is 29.9 Å². The predicted molar refractivity (Wildman–Crippen MR) is 35.5 cm³/mol. The summed E-state index contributed by atoms with van der Waals surface area (Å²) in [5, 5.41) is 8.27. The average Bonchev–Trinajstić information content (AvgIpc) is 1.99. The van der Waals surface area contributed by atoms with Gasteiger partial charge in [-0.15, -0.1) is 0 Å². The van der Waals surface area contributed by atoms with Gasteiger partial charge in [-0.3, -0.25) is 0 Å². The van der Waals surface area contributed by atoms with Crippen molar-refractivity contribution in [3.05, 3.63) is 41.8 Å². The third-order valence-electron chi connectivity index (χ3n) is 1.27. The molecule has 0 saturated carbocycles. The molecule has 0 bridgehead atoms. The van der Waals surface area contributed by atoms with Gasteiger partial charge in [-0.2, -0.15) is 5.26 Å². The van der Waals surface area contributed by atoms with Crippen LogP contribution in [0.15, 0.2) is 12.1 Å². The Bertz CT molecular complexity index is 302. The van der Waals surface area contributed by atoms with Crippen LogP contribution in [0.3, 0.4) is 0 Å². The molecule has 1 aromatic rings. The molecule has 0 atom stereocenters. The summed E-state index contributed by atoms with van der Waals surface area (Å²) in [7, 11) is 0. The highest BCUT2D eigenvalue weighted by molar-refractivity contribution is 5.35. The highest BCUT2D eigenvalue weighted by atomic mass is 19.1. The summed E-state index contributed by atoms with van der Waals surface area (Å²) in [6.07, 6.45) is 0. The third-order valence-corrected chi connectivity index (χ3v) is 1.27. The average molecular weight is 152 g/mol. The van der Waals surface area contributed by atoms with Crippen molar-refractivity contribution in [3.63, 3.8) is 0 Å². The van der Waals surface area contributed by atoms with E-state index in [1.807, 2.05) is 0 Å². The summed E-state index contributed by atoms with van der Waals surface area (Å²) in [6, 6.07) is 3.53. The summed E-state index contributed by atoms with van der Waals surface area (Å²) in [4.78, 5) is 0. The molecule has 1 aromatic carbocycles. The highest BCUT2D eigenvalue weighted by Crippen LogP contribution is 2.12. The maximum atomic E-state index is 12.6. The first kappa shape index (κ1) is 7.67. The Labute approximate surface area is 62.9 Å². The molecule has 0 aromatic heterocycles. The van der Waals surface area contributed by atoms with E-state index in [1.54, 1.807) is 6.07 Å². The highest BCUT2D eigenvalue weighted by Gasteiger charge is 2.05. The van der Waals surface area contributed by atoms with E-state index in [1.165, 1.54) is 0 Å². The molecule has 1 rings (SSSR count). The molecule has 0 spiro atoms. The molecule has 0 amide bonds. The van der Waals surface area contributed by atoms with Crippen LogP contribution in [-0.2, 0) is 0 Å². The van der Waals surface area contributed by atoms with E-state index in [2.05, 4.69) is 6.92 Å². The van der Waals surface area contributed by atoms with Crippen molar-refractivity contribution < 1.29 is 8.78 Å². The number of hydrogen-bond acceptors (Lipinski definition) is 1. The van der Waals surface area contributed by atoms with Crippen molar-refractivity contribution in [2.75, 3.05) is 0 Å². The van der Waals surface area contributed by atoms with Gasteiger partial charge in [0, 0.05) is 5.56 Å². The Morgan fingerprint density at radius 2 is 1.73 bits per heavy atom. The zero-order valence-electron chi connectivity index (χ0n) is 5.56. The van der Waals surface area contributed by atoms with E-state index in [0.717, 1.165) is 12.1 Å². The van der Waals surface area contributed by atoms with Gasteiger partial charge >= 0.3 is 0 Å². The van der Waals surface area contributed by atoms with Gasteiger partial charge in [0.15, 0.2) is 0 Å². The van der Waals surface area contributed by atoms with Crippen LogP contribution in [-0.4, -0.2) is 0 Å². The van der Waals surface area contributed by atoms with Crippen LogP contribution >= 0.6 is 0 Å². The molecule has 1 nitrogen and oxygen atoms in total. The Kier molecular flexibility index (Phi) is 1.86. The first-order valence-corrected chi connectivity index (χ1v) is 2.86. The van der Waals surface area contributed by atoms with Gasteiger partial charge in [0.1, 0.15) is 11.6 Å². The Morgan fingerprint density at radius 3 is 2.09 bits per heavy atom. The maximum absolute atomic E-state index is 12.6. The number of benzene rings is 1. The second-order valence-electron chi connectivity index (χ2n) is 2.03. The Morgan fingerprint density at radius 1 is 1.27 bits per heavy atom. The van der Waals surface area contributed by atoms with Crippen LogP contribution in [0.2, 0.25) is 0 Å². The fourth-order valence-electron chi connectivity index (χ4n) is 0.668. The third kappa shape index (κ3) is 1.35. The number of rotatable bonds is 0. The predicted octanol–water partition coefficient (Wildman–Crippen LogP) is 2.02. The molecule has 0 N–H and O–H groups in total. The molecule has 0 fully saturated rings. The second kappa shape index (κ2) is 2.67. The van der Waals surface area contributed by atoms with Gasteiger partial charge in [0.05, 0.1) is 11.6 Å². The fourth-order valence-corrected chi connectivity index (χ4v) is 0.668. The molecule has 0 aliphatic rings. The standard InChI is InChI=1S/C8H4F2N/c1-5-7(9)2-6(4-11)3-8(5)10/h2-3H,1H2. The van der Waals surface area contributed by atoms with Crippen LogP contribution in [0.5, 0.6) is 0 Å². The molecule has 55 valence electrons. The summed E-state index contributed by atoms with van der Waals surface area (Å²) < 4.78 is 25.1. The van der Waals surface area contributed by atoms with Gasteiger partial charge < -0.3 is 0 Å². The lowest BCUT2D eigenvalue weighted by molar-refractivity contribution is 0.574. The monoisotopic (exact) mass is 152 g/mol. The fraction of sp³-hybridized carbons (Fsp3) is 0. The first-order chi connectivity index (χ1) is 5.15. The number of nitriles is 1. The molecule has 0 aliphatic heterocycles. The zero-order valence-corrected chi connectivity index (χ0v) is 5.56. The number of hydrogen-bond donors (Lipinski definition) is 0. The van der Waals surface area contributed by atoms with Gasteiger partial charge in [-0.1, -0.05) is 0 Å². The normalized spacial score (nSPS) is 9.27. The SMILES string of the molecule is [CH2]c1c(F)cc(C#N)cc1F. The lowest BCUT2D eigenvalue weighted by Crippen LogP contribution is -1.89. The summed E-state index contributed by atoms with van der Waals surface area (Å²) in [5.74, 6) is -1.58. The lowest BCUT2D eigenvalue weighted by Gasteiger charge is -1.97. The molecule has 11 heavy (non-hydrogen) atoms. The smallest absolute Gasteiger partial charge is 0.130 e. The molecular weight excluding hydrogens is 148 g/mol. The Balaban J connectivity index is 3.35. The molecule has 0 aliphatic carbocycles. The van der Waals surface area contributed by atoms with E-state index >= 15 is 0 Å². The first-order valence-electron chi connectivity index (χ1n) is 2.86. The minimum absolute atomic E-state index is 0.0348. The van der Waals surface area contributed by atoms with Crippen molar-refractivity contribution in [2.45, 2.75) is 0 Å². The van der Waals surface area contributed by atoms with Gasteiger partial charge in [0.25, 0.3) is 0 Å². The minimum atomic E-state index is -0.790. The van der Waals surface area contributed by atoms with Gasteiger partial charge in [-0.25, -0.2) is 8.78 Å². The Hall–Kier alpha value is -1.43. The van der Waals surface area contributed by atoms with Crippen LogP contribution in [0.1, 0.15) is 11.1 Å². The summed E-state index contributed by atoms with van der Waals surface area (Å²) >= 11 is 0. The quantitative estimate of drug-likeness (QED) is 0.557. The van der Waals surface area contributed by atoms with Crippen LogP contribution in [0.25, 0.3) is 0 Å². The number of nitrogens with zero attached hydrogens (tertiary/aromatic N) is 1. The van der Waals surface area contributed by atoms with Crippen molar-refractivity contribution in [1.29, 1.82) is 5.26 Å². The van der Waals surface area contributed by atoms with Crippen molar-refractivity contribution in [2.24, 2.45) is 0 Å². The molecule has 3 heteroatoms. The summed E-state index contributed by atoms with van der Waals surface area (Å²) in [6.45, 7) is 3.14. The van der Waals surface area contributed by atoms with E-state index in [0.29, 0.717) is 0 Å². The maximum Gasteiger partial charge on any atom is 0.130 e. The second-order valence-corrected chi connectivity index (χ2v) is 2.03. The van der Waals surface area contributed by atoms with Gasteiger partial charge in [-0.05, 0) is 19.1 Å². The molecule has 1 radical (unpaired) electrons. The molecule has 0 unspecified atom stereocenters. The van der Waals surface area contributed by atoms with E-state index < -0.39 is 11.6 Å². The lowest BCUT2D eigenvalue weighted by atomic mass is 10.1. The van der Waals surface area contributed by atoms with E-state index in [-0.39, 0.29) is 11.1 Å². The van der Waals surface area contributed by atoms with Crippen molar-refractivity contribution >= 4 is 0 Å². The van der Waals surface area contributed by atoms with E-state index in [9.17, 15) is 8.78 Å². The van der Waals surface area contributed by atoms with Crippen LogP contribution in [0.4, 0.5) is 8.78 Å². The topological polar surface area (TPSA) is 23.8 Å². The molecular formula is C8H4F2N. The largest absolute Gasteiger partial charge is 0.207 e. The molecule has 0 heterocycles. The minimum Gasteiger partial charge on any atom is -0.207 e. The van der Waals surface area contributed by atoms with Gasteiger partial charge in [0.2, 0.25) is 0 Å². The number of halogens is 2. The summed E-state index contributed by atoms with van der Waals surface area (Å²) in [5.41, 5.74) is -0.337. The zero-order chi connectivity index (χ0) is 8.43. The van der Waals surface area contributed by atoms with Crippen molar-refractivity contribution in [1.82, 2.24) is 0 Å². The van der Waals surface area contributed by atoms with Crippen LogP contribution < -0.4 is 0 Å². The molecule has 0 saturated heterocycles.